The number of benzene rings is 6. The normalized spacial score (nSPS) is 14.8. The number of carbonyl (C=O) groups excluding carboxylic acids is 2. The average Bonchev–Trinajstić information content (AvgIpc) is 3.53. The van der Waals surface area contributed by atoms with Crippen LogP contribution < -0.4 is 14.2 Å². The van der Waals surface area contributed by atoms with Crippen LogP contribution in [-0.4, -0.2) is 73.4 Å². The molecule has 3 heterocycles. The lowest BCUT2D eigenvalue weighted by Crippen LogP contribution is -2.29. The summed E-state index contributed by atoms with van der Waals surface area (Å²) >= 11 is 0. The van der Waals surface area contributed by atoms with Crippen molar-refractivity contribution in [3.63, 3.8) is 0 Å². The van der Waals surface area contributed by atoms with Gasteiger partial charge in [0.25, 0.3) is 0 Å². The molecule has 0 radical (unpaired) electrons. The van der Waals surface area contributed by atoms with Crippen LogP contribution in [0.5, 0.6) is 17.2 Å². The van der Waals surface area contributed by atoms with Gasteiger partial charge in [-0.15, -0.1) is 0 Å². The van der Waals surface area contributed by atoms with Gasteiger partial charge in [-0.05, 0) is 241 Å². The van der Waals surface area contributed by atoms with Crippen LogP contribution in [0.15, 0.2) is 91.0 Å². The van der Waals surface area contributed by atoms with Crippen molar-refractivity contribution in [1.29, 1.82) is 0 Å². The number of carboxylic acid groups (broad SMARTS) is 1. The molecule has 3 atom stereocenters. The zero-order valence-electron chi connectivity index (χ0n) is 48.7. The third-order valence-electron chi connectivity index (χ3n) is 14.4. The largest absolute Gasteiger partial charge is 0.493 e. The Balaban J connectivity index is 0.000000172. The van der Waals surface area contributed by atoms with Gasteiger partial charge in [0.2, 0.25) is 0 Å². The number of rotatable bonds is 11. The molecule has 6 aromatic rings. The third kappa shape index (κ3) is 14.3. The van der Waals surface area contributed by atoms with Crippen molar-refractivity contribution in [2.75, 3.05) is 34.0 Å². The first-order valence-electron chi connectivity index (χ1n) is 27.4. The van der Waals surface area contributed by atoms with E-state index < -0.39 is 41.5 Å². The van der Waals surface area contributed by atoms with E-state index in [0.717, 1.165) is 159 Å². The summed E-state index contributed by atoms with van der Waals surface area (Å²) in [6, 6.07) is 30.6. The molecule has 0 saturated carbocycles. The van der Waals surface area contributed by atoms with Crippen LogP contribution >= 0.6 is 0 Å². The number of aliphatic hydroxyl groups excluding tert-OH is 1. The molecular weight excluding hydrogens is 997 g/mol. The fourth-order valence-corrected chi connectivity index (χ4v) is 10.7. The SMILES string of the molecule is COC(=O)C(O)c1c(C)ccc(C)c1-c1ccc2c(c1)CCCO2.COC(=O)C(OC(C)(C)C)c1c(C)ccc(C)c1-c1ccc2c(c1)CCCO2.Cc1ccc(C)c(C(OC(C)(C)C)C(=O)O)c1-c1ccc2c(c1)CCCO2. The van der Waals surface area contributed by atoms with Crippen LogP contribution in [0.1, 0.15) is 146 Å². The number of aliphatic carboxylic acids is 1. The number of carbonyl (C=O) groups is 3. The Morgan fingerprint density at radius 1 is 0.456 bits per heavy atom. The second-order valence-electron chi connectivity index (χ2n) is 22.8. The molecule has 79 heavy (non-hydrogen) atoms. The molecular formula is C67H80O12. The highest BCUT2D eigenvalue weighted by atomic mass is 16.6. The number of ether oxygens (including phenoxy) is 7. The summed E-state index contributed by atoms with van der Waals surface area (Å²) in [7, 11) is 2.69. The maximum atomic E-state index is 12.7. The monoisotopic (exact) mass is 1080 g/mol. The van der Waals surface area contributed by atoms with Crippen LogP contribution in [0.4, 0.5) is 0 Å². The average molecular weight is 1080 g/mol. The summed E-state index contributed by atoms with van der Waals surface area (Å²) in [4.78, 5) is 36.7. The van der Waals surface area contributed by atoms with E-state index in [4.69, 9.17) is 33.2 Å². The van der Waals surface area contributed by atoms with Gasteiger partial charge in [-0.1, -0.05) is 54.6 Å². The minimum absolute atomic E-state index is 0.383. The highest BCUT2D eigenvalue weighted by molar-refractivity contribution is 5.86. The van der Waals surface area contributed by atoms with E-state index in [1.165, 1.54) is 25.3 Å². The van der Waals surface area contributed by atoms with E-state index in [2.05, 4.69) is 37.3 Å². The second kappa shape index (κ2) is 25.4. The summed E-state index contributed by atoms with van der Waals surface area (Å²) < 4.78 is 39.2. The second-order valence-corrected chi connectivity index (χ2v) is 22.8. The number of esters is 2. The van der Waals surface area contributed by atoms with Gasteiger partial charge >= 0.3 is 17.9 Å². The minimum atomic E-state index is -1.29. The van der Waals surface area contributed by atoms with Crippen molar-refractivity contribution in [2.24, 2.45) is 0 Å². The van der Waals surface area contributed by atoms with E-state index in [1.54, 1.807) is 0 Å². The van der Waals surface area contributed by atoms with Gasteiger partial charge in [-0.2, -0.15) is 0 Å². The van der Waals surface area contributed by atoms with Gasteiger partial charge in [0.1, 0.15) is 17.2 Å². The Bertz CT molecular complexity index is 3190. The molecule has 12 heteroatoms. The highest BCUT2D eigenvalue weighted by Crippen LogP contribution is 2.43. The standard InChI is InChI=1S/C24H30O4.C23H28O4.C20H22O4/c1-15-9-10-16(2)21(22(23(25)26-6)28-24(3,4)5)20(15)18-11-12-19-17(14-18)8-7-13-27-19;1-14-8-9-15(2)20(21(22(24)25)27-23(3,4)5)19(14)17-10-11-18-16(13-17)7-6-12-26-18;1-12-6-7-13(2)18(19(21)20(22)23-3)17(12)15-8-9-16-14(11-15)5-4-10-24-16/h9-12,14,22H,7-8,13H2,1-6H3;8-11,13,21H,6-7,12H2,1-5H3,(H,24,25);6-9,11,19,21H,4-5,10H2,1-3H3. The fourth-order valence-electron chi connectivity index (χ4n) is 10.7. The fraction of sp³-hybridized carbons (Fsp3) is 0.418. The van der Waals surface area contributed by atoms with Crippen molar-refractivity contribution in [2.45, 2.75) is 151 Å². The summed E-state index contributed by atoms with van der Waals surface area (Å²) in [5.41, 5.74) is 16.6. The number of fused-ring (bicyclic) bond motifs is 3. The van der Waals surface area contributed by atoms with Crippen LogP contribution in [0.25, 0.3) is 33.4 Å². The Morgan fingerprint density at radius 3 is 1.11 bits per heavy atom. The molecule has 0 aromatic heterocycles. The number of methoxy groups -OCH3 is 2. The van der Waals surface area contributed by atoms with E-state index in [-0.39, 0.29) is 5.97 Å². The minimum Gasteiger partial charge on any atom is -0.493 e. The lowest BCUT2D eigenvalue weighted by atomic mass is 9.87. The number of aryl methyl sites for hydroxylation is 9. The van der Waals surface area contributed by atoms with Gasteiger partial charge in [-0.25, -0.2) is 14.4 Å². The highest BCUT2D eigenvalue weighted by Gasteiger charge is 2.34. The molecule has 6 aromatic carbocycles. The Hall–Kier alpha value is -6.99. The first-order valence-corrected chi connectivity index (χ1v) is 27.4. The van der Waals surface area contributed by atoms with E-state index in [0.29, 0.717) is 5.56 Å². The van der Waals surface area contributed by atoms with Crippen LogP contribution in [-0.2, 0) is 52.6 Å². The molecule has 3 aliphatic heterocycles. The molecule has 3 aliphatic rings. The molecule has 0 aliphatic carbocycles. The van der Waals surface area contributed by atoms with Crippen molar-refractivity contribution < 1.29 is 57.8 Å². The summed E-state index contributed by atoms with van der Waals surface area (Å²) in [5.74, 6) is 0.804. The topological polar surface area (TPSA) is 156 Å². The van der Waals surface area contributed by atoms with Crippen molar-refractivity contribution in [3.05, 3.63) is 158 Å². The van der Waals surface area contributed by atoms with Gasteiger partial charge in [0, 0.05) is 16.7 Å². The maximum Gasteiger partial charge on any atom is 0.339 e. The molecule has 0 amide bonds. The molecule has 0 bridgehead atoms. The number of hydrogen-bond acceptors (Lipinski definition) is 11. The maximum absolute atomic E-state index is 12.7. The molecule has 2 N–H and O–H groups in total. The van der Waals surface area contributed by atoms with Crippen molar-refractivity contribution in [1.82, 2.24) is 0 Å². The third-order valence-corrected chi connectivity index (χ3v) is 14.4. The van der Waals surface area contributed by atoms with Gasteiger partial charge in [0.15, 0.2) is 18.3 Å². The van der Waals surface area contributed by atoms with Crippen LogP contribution in [0, 0.1) is 41.5 Å². The molecule has 0 saturated heterocycles. The van der Waals surface area contributed by atoms with E-state index >= 15 is 0 Å². The Kier molecular flexibility index (Phi) is 19.2. The molecule has 9 rings (SSSR count). The van der Waals surface area contributed by atoms with E-state index in [9.17, 15) is 24.6 Å². The number of aliphatic hydroxyl groups is 1. The van der Waals surface area contributed by atoms with Crippen molar-refractivity contribution >= 4 is 17.9 Å². The van der Waals surface area contributed by atoms with Gasteiger partial charge < -0.3 is 43.4 Å². The van der Waals surface area contributed by atoms with Gasteiger partial charge in [-0.3, -0.25) is 0 Å². The number of carboxylic acids is 1. The summed E-state index contributed by atoms with van der Waals surface area (Å²) in [5, 5.41) is 20.4. The predicted molar refractivity (Wildman–Crippen MR) is 309 cm³/mol. The first-order chi connectivity index (χ1) is 37.4. The Morgan fingerprint density at radius 2 is 0.772 bits per heavy atom. The summed E-state index contributed by atoms with van der Waals surface area (Å²) in [6.07, 6.45) is 2.88. The lowest BCUT2D eigenvalue weighted by molar-refractivity contribution is -0.164. The lowest BCUT2D eigenvalue weighted by Gasteiger charge is -2.29. The molecule has 420 valence electrons. The van der Waals surface area contributed by atoms with E-state index in [1.807, 2.05) is 137 Å². The summed E-state index contributed by atoms with van der Waals surface area (Å²) in [6.45, 7) is 25.7. The number of hydrogen-bond donors (Lipinski definition) is 2. The molecule has 12 nitrogen and oxygen atoms in total. The molecule has 0 spiro atoms. The zero-order valence-corrected chi connectivity index (χ0v) is 48.7. The molecule has 0 fully saturated rings. The first kappa shape index (κ1) is 59.7. The van der Waals surface area contributed by atoms with Crippen LogP contribution in [0.3, 0.4) is 0 Å². The zero-order chi connectivity index (χ0) is 57.5. The van der Waals surface area contributed by atoms with Crippen LogP contribution in [0.2, 0.25) is 0 Å². The quantitative estimate of drug-likeness (QED) is 0.119. The predicted octanol–water partition coefficient (Wildman–Crippen LogP) is 14.1. The van der Waals surface area contributed by atoms with Gasteiger partial charge in [0.05, 0.1) is 45.2 Å². The Labute approximate surface area is 467 Å². The van der Waals surface area contributed by atoms with Crippen molar-refractivity contribution in [3.8, 4) is 50.6 Å². The molecule has 3 unspecified atom stereocenters. The smallest absolute Gasteiger partial charge is 0.339 e.